The lowest BCUT2D eigenvalue weighted by atomic mass is 9.84. The van der Waals surface area contributed by atoms with Crippen LogP contribution >= 0.6 is 0 Å². The standard InChI is InChI=1S/C13H21N5O2/c1-4-13(2,3)10(19)12(20)18-8-6-5-7-9(18)11-14-16-17-15-11/h9H,4-8H2,1-3H3,(H,14,15,16,17)/t9-/m0/s1. The maximum atomic E-state index is 12.5. The van der Waals surface area contributed by atoms with Gasteiger partial charge >= 0.3 is 0 Å². The number of likely N-dealkylation sites (tertiary alicyclic amines) is 1. The quantitative estimate of drug-likeness (QED) is 0.838. The molecule has 1 fully saturated rings. The van der Waals surface area contributed by atoms with Crippen LogP contribution in [0, 0.1) is 5.41 Å². The summed E-state index contributed by atoms with van der Waals surface area (Å²) in [6, 6.07) is -0.244. The molecule has 1 aromatic heterocycles. The highest BCUT2D eigenvalue weighted by Crippen LogP contribution is 2.31. The molecular weight excluding hydrogens is 258 g/mol. The number of H-pyrrole nitrogens is 1. The summed E-state index contributed by atoms with van der Waals surface area (Å²) in [5, 5.41) is 13.9. The number of aromatic amines is 1. The summed E-state index contributed by atoms with van der Waals surface area (Å²) >= 11 is 0. The van der Waals surface area contributed by atoms with E-state index in [4.69, 9.17) is 0 Å². The second-order valence-corrected chi connectivity index (χ2v) is 5.85. The van der Waals surface area contributed by atoms with Gasteiger partial charge in [0.15, 0.2) is 5.82 Å². The molecule has 0 aliphatic carbocycles. The average molecular weight is 279 g/mol. The fourth-order valence-corrected chi connectivity index (χ4v) is 2.33. The van der Waals surface area contributed by atoms with Gasteiger partial charge in [-0.05, 0) is 25.7 Å². The first-order valence-corrected chi connectivity index (χ1v) is 7.06. The molecular formula is C13H21N5O2. The van der Waals surface area contributed by atoms with Gasteiger partial charge in [0, 0.05) is 12.0 Å². The zero-order valence-corrected chi connectivity index (χ0v) is 12.2. The third kappa shape index (κ3) is 2.71. The van der Waals surface area contributed by atoms with Gasteiger partial charge in [-0.2, -0.15) is 5.21 Å². The molecule has 2 rings (SSSR count). The Morgan fingerprint density at radius 2 is 2.15 bits per heavy atom. The molecule has 1 saturated heterocycles. The summed E-state index contributed by atoms with van der Waals surface area (Å²) in [6.07, 6.45) is 3.30. The normalized spacial score (nSPS) is 19.9. The second kappa shape index (κ2) is 5.68. The number of nitrogens with zero attached hydrogens (tertiary/aromatic N) is 4. The minimum absolute atomic E-state index is 0.244. The van der Waals surface area contributed by atoms with E-state index < -0.39 is 11.3 Å². The van der Waals surface area contributed by atoms with Crippen LogP contribution in [0.5, 0.6) is 0 Å². The zero-order valence-electron chi connectivity index (χ0n) is 12.2. The monoisotopic (exact) mass is 279 g/mol. The molecule has 1 atom stereocenters. The number of carbonyl (C=O) groups is 2. The SMILES string of the molecule is CCC(C)(C)C(=O)C(=O)N1CCCC[C@H]1c1nn[nH]n1. The fraction of sp³-hybridized carbons (Fsp3) is 0.769. The number of hydrogen-bond donors (Lipinski definition) is 1. The Morgan fingerprint density at radius 1 is 1.40 bits per heavy atom. The van der Waals surface area contributed by atoms with Crippen LogP contribution in [0.2, 0.25) is 0 Å². The van der Waals surface area contributed by atoms with Crippen LogP contribution < -0.4 is 0 Å². The zero-order chi connectivity index (χ0) is 14.8. The molecule has 0 saturated carbocycles. The average Bonchev–Trinajstić information content (AvgIpc) is 2.99. The van der Waals surface area contributed by atoms with Gasteiger partial charge in [-0.15, -0.1) is 10.2 Å². The molecule has 0 unspecified atom stereocenters. The molecule has 1 aromatic rings. The second-order valence-electron chi connectivity index (χ2n) is 5.85. The van der Waals surface area contributed by atoms with Gasteiger partial charge in [-0.3, -0.25) is 9.59 Å². The molecule has 7 nitrogen and oxygen atoms in total. The molecule has 0 aromatic carbocycles. The van der Waals surface area contributed by atoms with Crippen LogP contribution in [0.4, 0.5) is 0 Å². The number of hydrogen-bond acceptors (Lipinski definition) is 5. The highest BCUT2D eigenvalue weighted by molar-refractivity contribution is 6.38. The van der Waals surface area contributed by atoms with Crippen LogP contribution in [-0.4, -0.2) is 43.8 Å². The Balaban J connectivity index is 2.20. The van der Waals surface area contributed by atoms with Crippen molar-refractivity contribution in [1.82, 2.24) is 25.5 Å². The number of ketones is 1. The van der Waals surface area contributed by atoms with Gasteiger partial charge in [0.1, 0.15) is 0 Å². The Bertz CT molecular complexity index is 483. The number of Topliss-reactive ketones (excluding diaryl/α,β-unsaturated/α-hetero) is 1. The smallest absolute Gasteiger partial charge is 0.291 e. The van der Waals surface area contributed by atoms with E-state index in [1.54, 1.807) is 18.7 Å². The summed E-state index contributed by atoms with van der Waals surface area (Å²) in [6.45, 7) is 6.10. The van der Waals surface area contributed by atoms with E-state index in [0.29, 0.717) is 18.8 Å². The Morgan fingerprint density at radius 3 is 2.75 bits per heavy atom. The Hall–Kier alpha value is -1.79. The molecule has 1 amide bonds. The van der Waals surface area contributed by atoms with E-state index >= 15 is 0 Å². The maximum Gasteiger partial charge on any atom is 0.291 e. The van der Waals surface area contributed by atoms with Crippen molar-refractivity contribution in [2.24, 2.45) is 5.41 Å². The predicted octanol–water partition coefficient (Wildman–Crippen LogP) is 1.26. The van der Waals surface area contributed by atoms with E-state index in [2.05, 4.69) is 20.6 Å². The van der Waals surface area contributed by atoms with E-state index in [0.717, 1.165) is 19.3 Å². The summed E-state index contributed by atoms with van der Waals surface area (Å²) in [5.41, 5.74) is -0.629. The van der Waals surface area contributed by atoms with E-state index in [9.17, 15) is 9.59 Å². The van der Waals surface area contributed by atoms with Crippen LogP contribution in [0.25, 0.3) is 0 Å². The highest BCUT2D eigenvalue weighted by atomic mass is 16.2. The Labute approximate surface area is 118 Å². The van der Waals surface area contributed by atoms with Crippen molar-refractivity contribution in [1.29, 1.82) is 0 Å². The number of rotatable bonds is 4. The minimum Gasteiger partial charge on any atom is -0.326 e. The van der Waals surface area contributed by atoms with Gasteiger partial charge in [0.05, 0.1) is 6.04 Å². The molecule has 0 bridgehead atoms. The first kappa shape index (κ1) is 14.6. The summed E-state index contributed by atoms with van der Waals surface area (Å²) < 4.78 is 0. The van der Waals surface area contributed by atoms with E-state index in [-0.39, 0.29) is 11.8 Å². The van der Waals surface area contributed by atoms with Gasteiger partial charge in [0.2, 0.25) is 5.78 Å². The van der Waals surface area contributed by atoms with Crippen molar-refractivity contribution in [2.45, 2.75) is 52.5 Å². The number of nitrogens with one attached hydrogen (secondary N) is 1. The van der Waals surface area contributed by atoms with Crippen molar-refractivity contribution in [2.75, 3.05) is 6.54 Å². The highest BCUT2D eigenvalue weighted by Gasteiger charge is 2.39. The number of carbonyl (C=O) groups excluding carboxylic acids is 2. The molecule has 20 heavy (non-hydrogen) atoms. The molecule has 2 heterocycles. The number of piperidine rings is 1. The van der Waals surface area contributed by atoms with Crippen LogP contribution in [0.3, 0.4) is 0 Å². The summed E-state index contributed by atoms with van der Waals surface area (Å²) in [5.74, 6) is -0.276. The van der Waals surface area contributed by atoms with Gasteiger partial charge in [-0.25, -0.2) is 0 Å². The molecule has 1 aliphatic heterocycles. The number of amides is 1. The van der Waals surface area contributed by atoms with Crippen LogP contribution in [0.1, 0.15) is 58.3 Å². The van der Waals surface area contributed by atoms with Crippen molar-refractivity contribution < 1.29 is 9.59 Å². The van der Waals surface area contributed by atoms with Gasteiger partial charge in [0.25, 0.3) is 5.91 Å². The van der Waals surface area contributed by atoms with Crippen molar-refractivity contribution in [3.05, 3.63) is 5.82 Å². The molecule has 0 spiro atoms. The van der Waals surface area contributed by atoms with E-state index in [1.165, 1.54) is 0 Å². The lowest BCUT2D eigenvalue weighted by Crippen LogP contribution is -2.46. The molecule has 1 aliphatic rings. The number of tetrazole rings is 1. The van der Waals surface area contributed by atoms with Crippen molar-refractivity contribution in [3.63, 3.8) is 0 Å². The van der Waals surface area contributed by atoms with Crippen LogP contribution in [0.15, 0.2) is 0 Å². The van der Waals surface area contributed by atoms with Crippen LogP contribution in [-0.2, 0) is 9.59 Å². The summed E-state index contributed by atoms with van der Waals surface area (Å²) in [4.78, 5) is 26.5. The minimum atomic E-state index is -0.629. The van der Waals surface area contributed by atoms with Crippen molar-refractivity contribution in [3.8, 4) is 0 Å². The summed E-state index contributed by atoms with van der Waals surface area (Å²) in [7, 11) is 0. The Kier molecular flexibility index (Phi) is 4.15. The topological polar surface area (TPSA) is 91.8 Å². The fourth-order valence-electron chi connectivity index (χ4n) is 2.33. The van der Waals surface area contributed by atoms with Gasteiger partial charge < -0.3 is 4.90 Å². The molecule has 1 N–H and O–H groups in total. The van der Waals surface area contributed by atoms with E-state index in [1.807, 2.05) is 6.92 Å². The molecule has 7 heteroatoms. The lowest BCUT2D eigenvalue weighted by Gasteiger charge is -2.35. The first-order chi connectivity index (χ1) is 9.47. The molecule has 110 valence electrons. The maximum absolute atomic E-state index is 12.5. The lowest BCUT2D eigenvalue weighted by molar-refractivity contribution is -0.151. The first-order valence-electron chi connectivity index (χ1n) is 7.06. The largest absolute Gasteiger partial charge is 0.326 e. The van der Waals surface area contributed by atoms with Crippen molar-refractivity contribution >= 4 is 11.7 Å². The molecule has 0 radical (unpaired) electrons. The number of aromatic nitrogens is 4. The van der Waals surface area contributed by atoms with Gasteiger partial charge in [-0.1, -0.05) is 26.0 Å². The predicted molar refractivity (Wildman–Crippen MR) is 71.6 cm³/mol. The third-order valence-electron chi connectivity index (χ3n) is 4.12. The third-order valence-corrected chi connectivity index (χ3v) is 4.12.